The van der Waals surface area contributed by atoms with Gasteiger partial charge in [0.05, 0.1) is 19.0 Å². The number of hydrazone groups is 1. The summed E-state index contributed by atoms with van der Waals surface area (Å²) >= 11 is 5.92. The Morgan fingerprint density at radius 1 is 1.19 bits per heavy atom. The van der Waals surface area contributed by atoms with Gasteiger partial charge in [-0.05, 0) is 18.2 Å². The summed E-state index contributed by atoms with van der Waals surface area (Å²) in [4.78, 5) is 23.0. The summed E-state index contributed by atoms with van der Waals surface area (Å²) < 4.78 is 5.03. The van der Waals surface area contributed by atoms with Crippen LogP contribution in [0.2, 0.25) is 5.02 Å². The van der Waals surface area contributed by atoms with E-state index in [-0.39, 0.29) is 6.54 Å². The van der Waals surface area contributed by atoms with Crippen LogP contribution < -0.4 is 10.7 Å². The first-order valence-corrected chi connectivity index (χ1v) is 6.43. The largest absolute Gasteiger partial charge is 0.467 e. The van der Waals surface area contributed by atoms with Crippen molar-refractivity contribution in [2.75, 3.05) is 0 Å². The molecule has 2 amide bonds. The van der Waals surface area contributed by atoms with Gasteiger partial charge < -0.3 is 9.73 Å². The van der Waals surface area contributed by atoms with Gasteiger partial charge in [-0.3, -0.25) is 9.59 Å². The summed E-state index contributed by atoms with van der Waals surface area (Å²) in [5, 5.41) is 6.57. The number of benzene rings is 1. The molecule has 1 heterocycles. The zero-order chi connectivity index (χ0) is 15.1. The van der Waals surface area contributed by atoms with Crippen LogP contribution in [-0.4, -0.2) is 18.0 Å². The molecular formula is C14H12ClN3O3. The summed E-state index contributed by atoms with van der Waals surface area (Å²) in [5.74, 6) is -1.12. The van der Waals surface area contributed by atoms with Crippen molar-refractivity contribution in [2.45, 2.75) is 6.54 Å². The first-order valence-electron chi connectivity index (χ1n) is 6.05. The van der Waals surface area contributed by atoms with Crippen molar-refractivity contribution in [3.05, 3.63) is 59.0 Å². The lowest BCUT2D eigenvalue weighted by molar-refractivity contribution is -0.139. The predicted molar refractivity (Wildman–Crippen MR) is 77.7 cm³/mol. The molecule has 0 aliphatic rings. The molecule has 0 aliphatic heterocycles. The molecule has 0 bridgehead atoms. The van der Waals surface area contributed by atoms with Crippen LogP contribution in [0.5, 0.6) is 0 Å². The molecule has 0 radical (unpaired) electrons. The van der Waals surface area contributed by atoms with E-state index < -0.39 is 11.8 Å². The SMILES string of the molecule is O=C(NCc1ccco1)C(=O)N/N=C\c1ccccc1Cl. The smallest absolute Gasteiger partial charge is 0.329 e. The van der Waals surface area contributed by atoms with Gasteiger partial charge in [-0.25, -0.2) is 5.43 Å². The lowest BCUT2D eigenvalue weighted by Gasteiger charge is -2.01. The van der Waals surface area contributed by atoms with Crippen molar-refractivity contribution < 1.29 is 14.0 Å². The van der Waals surface area contributed by atoms with Crippen molar-refractivity contribution >= 4 is 29.6 Å². The number of hydrogen-bond acceptors (Lipinski definition) is 4. The molecule has 1 aromatic carbocycles. The minimum atomic E-state index is -0.871. The third-order valence-electron chi connectivity index (χ3n) is 2.48. The van der Waals surface area contributed by atoms with E-state index in [0.29, 0.717) is 16.3 Å². The van der Waals surface area contributed by atoms with Gasteiger partial charge in [-0.1, -0.05) is 29.8 Å². The highest BCUT2D eigenvalue weighted by atomic mass is 35.5. The zero-order valence-electron chi connectivity index (χ0n) is 10.9. The summed E-state index contributed by atoms with van der Waals surface area (Å²) in [6.07, 6.45) is 2.84. The topological polar surface area (TPSA) is 83.7 Å². The molecule has 0 atom stereocenters. The maximum absolute atomic E-state index is 11.5. The van der Waals surface area contributed by atoms with E-state index in [1.807, 2.05) is 0 Å². The normalized spacial score (nSPS) is 10.5. The van der Waals surface area contributed by atoms with Crippen LogP contribution in [0.4, 0.5) is 0 Å². The molecule has 108 valence electrons. The first-order chi connectivity index (χ1) is 10.2. The fourth-order valence-corrected chi connectivity index (χ4v) is 1.64. The van der Waals surface area contributed by atoms with Crippen LogP contribution in [0.1, 0.15) is 11.3 Å². The van der Waals surface area contributed by atoms with E-state index in [4.69, 9.17) is 16.0 Å². The van der Waals surface area contributed by atoms with E-state index in [1.165, 1.54) is 12.5 Å². The summed E-state index contributed by atoms with van der Waals surface area (Å²) in [5.41, 5.74) is 2.75. The Hall–Kier alpha value is -2.60. The van der Waals surface area contributed by atoms with Gasteiger partial charge in [0, 0.05) is 10.6 Å². The molecule has 2 N–H and O–H groups in total. The third kappa shape index (κ3) is 4.47. The number of nitrogens with zero attached hydrogens (tertiary/aromatic N) is 1. The van der Waals surface area contributed by atoms with Gasteiger partial charge in [0.15, 0.2) is 0 Å². The highest BCUT2D eigenvalue weighted by molar-refractivity contribution is 6.35. The average Bonchev–Trinajstić information content (AvgIpc) is 3.00. The maximum Gasteiger partial charge on any atom is 0.329 e. The molecule has 0 saturated carbocycles. The Kier molecular flexibility index (Phi) is 5.11. The molecule has 6 nitrogen and oxygen atoms in total. The van der Waals surface area contributed by atoms with Crippen molar-refractivity contribution in [1.29, 1.82) is 0 Å². The second-order valence-corrected chi connectivity index (χ2v) is 4.39. The van der Waals surface area contributed by atoms with E-state index in [2.05, 4.69) is 15.8 Å². The Morgan fingerprint density at radius 2 is 2.00 bits per heavy atom. The monoisotopic (exact) mass is 305 g/mol. The number of carbonyl (C=O) groups excluding carboxylic acids is 2. The third-order valence-corrected chi connectivity index (χ3v) is 2.83. The second-order valence-electron chi connectivity index (χ2n) is 3.98. The second kappa shape index (κ2) is 7.25. The summed E-state index contributed by atoms with van der Waals surface area (Å²) in [6, 6.07) is 10.4. The summed E-state index contributed by atoms with van der Waals surface area (Å²) in [7, 11) is 0. The van der Waals surface area contributed by atoms with Crippen LogP contribution in [-0.2, 0) is 16.1 Å². The van der Waals surface area contributed by atoms with Gasteiger partial charge in [-0.15, -0.1) is 0 Å². The summed E-state index contributed by atoms with van der Waals surface area (Å²) in [6.45, 7) is 0.132. The molecule has 0 unspecified atom stereocenters. The number of furan rings is 1. The van der Waals surface area contributed by atoms with Crippen LogP contribution in [0.25, 0.3) is 0 Å². The van der Waals surface area contributed by atoms with E-state index >= 15 is 0 Å². The highest BCUT2D eigenvalue weighted by Gasteiger charge is 2.12. The Bertz CT molecular complexity index is 653. The lowest BCUT2D eigenvalue weighted by Crippen LogP contribution is -2.37. The van der Waals surface area contributed by atoms with Crippen LogP contribution in [0.15, 0.2) is 52.2 Å². The van der Waals surface area contributed by atoms with Gasteiger partial charge in [-0.2, -0.15) is 5.10 Å². The molecular weight excluding hydrogens is 294 g/mol. The van der Waals surface area contributed by atoms with Crippen molar-refractivity contribution in [3.63, 3.8) is 0 Å². The number of carbonyl (C=O) groups is 2. The van der Waals surface area contributed by atoms with E-state index in [0.717, 1.165) is 0 Å². The highest BCUT2D eigenvalue weighted by Crippen LogP contribution is 2.11. The van der Waals surface area contributed by atoms with Crippen LogP contribution in [0.3, 0.4) is 0 Å². The molecule has 1 aromatic heterocycles. The number of hydrogen-bond donors (Lipinski definition) is 2. The Labute approximate surface area is 125 Å². The van der Waals surface area contributed by atoms with E-state index in [1.54, 1.807) is 36.4 Å². The molecule has 0 spiro atoms. The average molecular weight is 306 g/mol. The minimum Gasteiger partial charge on any atom is -0.467 e. The molecule has 0 saturated heterocycles. The predicted octanol–water partition coefficient (Wildman–Crippen LogP) is 1.70. The molecule has 2 rings (SSSR count). The quantitative estimate of drug-likeness (QED) is 0.512. The molecule has 21 heavy (non-hydrogen) atoms. The van der Waals surface area contributed by atoms with Crippen molar-refractivity contribution in [2.24, 2.45) is 5.10 Å². The van der Waals surface area contributed by atoms with Gasteiger partial charge in [0.25, 0.3) is 0 Å². The number of halogens is 1. The maximum atomic E-state index is 11.5. The van der Waals surface area contributed by atoms with Crippen molar-refractivity contribution in [1.82, 2.24) is 10.7 Å². The standard InChI is InChI=1S/C14H12ClN3O3/c15-12-6-2-1-4-10(12)8-17-18-14(20)13(19)16-9-11-5-3-7-21-11/h1-8H,9H2,(H,16,19)(H,18,20)/b17-8-. The lowest BCUT2D eigenvalue weighted by atomic mass is 10.2. The Morgan fingerprint density at radius 3 is 2.71 bits per heavy atom. The molecule has 2 aromatic rings. The fraction of sp³-hybridized carbons (Fsp3) is 0.0714. The van der Waals surface area contributed by atoms with Gasteiger partial charge in [0.1, 0.15) is 5.76 Å². The number of rotatable bonds is 4. The molecule has 0 fully saturated rings. The molecule has 7 heteroatoms. The molecule has 0 aliphatic carbocycles. The minimum absolute atomic E-state index is 0.132. The van der Waals surface area contributed by atoms with Gasteiger partial charge in [0.2, 0.25) is 0 Å². The number of amides is 2. The van der Waals surface area contributed by atoms with E-state index in [9.17, 15) is 9.59 Å². The first kappa shape index (κ1) is 14.8. The zero-order valence-corrected chi connectivity index (χ0v) is 11.6. The van der Waals surface area contributed by atoms with Crippen LogP contribution >= 0.6 is 11.6 Å². The van der Waals surface area contributed by atoms with Crippen molar-refractivity contribution in [3.8, 4) is 0 Å². The van der Waals surface area contributed by atoms with Crippen LogP contribution in [0, 0.1) is 0 Å². The Balaban J connectivity index is 1.81. The van der Waals surface area contributed by atoms with Gasteiger partial charge >= 0.3 is 11.8 Å². The fourth-order valence-electron chi connectivity index (χ4n) is 1.45. The number of nitrogens with one attached hydrogen (secondary N) is 2.